The van der Waals surface area contributed by atoms with E-state index in [2.05, 4.69) is 63.6 Å². The van der Waals surface area contributed by atoms with Crippen molar-refractivity contribution in [2.24, 2.45) is 0 Å². The summed E-state index contributed by atoms with van der Waals surface area (Å²) < 4.78 is 10.5. The summed E-state index contributed by atoms with van der Waals surface area (Å²) in [5.41, 5.74) is 2.74. The minimum absolute atomic E-state index is 0.924. The van der Waals surface area contributed by atoms with E-state index < -0.39 is 0 Å². The highest BCUT2D eigenvalue weighted by Crippen LogP contribution is 2.13. The molecule has 0 unspecified atom stereocenters. The third-order valence-electron chi connectivity index (χ3n) is 5.69. The van der Waals surface area contributed by atoms with Crippen LogP contribution in [0, 0.1) is 0 Å². The molecule has 1 aliphatic rings. The molecule has 0 spiro atoms. The van der Waals surface area contributed by atoms with Crippen LogP contribution in [0.4, 0.5) is 0 Å². The molecule has 29 heavy (non-hydrogen) atoms. The number of nitrogens with one attached hydrogen (secondary N) is 1. The average Bonchev–Trinajstić information content (AvgIpc) is 2.89. The zero-order valence-corrected chi connectivity index (χ0v) is 17.9. The first-order chi connectivity index (χ1) is 14.3. The molecule has 0 aliphatic carbocycles. The van der Waals surface area contributed by atoms with Gasteiger partial charge >= 0.3 is 0 Å². The molecule has 158 valence electrons. The summed E-state index contributed by atoms with van der Waals surface area (Å²) in [5, 5.41) is 3.60. The van der Waals surface area contributed by atoms with Gasteiger partial charge < -0.3 is 24.6 Å². The molecule has 1 heterocycles. The summed E-state index contributed by atoms with van der Waals surface area (Å²) in [5.74, 6) is 1.85. The van der Waals surface area contributed by atoms with Crippen LogP contribution in [-0.2, 0) is 12.8 Å². The lowest BCUT2D eigenvalue weighted by Crippen LogP contribution is -2.37. The van der Waals surface area contributed by atoms with Crippen molar-refractivity contribution in [1.29, 1.82) is 0 Å². The molecule has 0 radical (unpaired) electrons. The first-order valence-electron chi connectivity index (χ1n) is 10.7. The van der Waals surface area contributed by atoms with Crippen LogP contribution in [-0.4, -0.2) is 76.4 Å². The van der Waals surface area contributed by atoms with Crippen molar-refractivity contribution in [3.8, 4) is 11.5 Å². The van der Waals surface area contributed by atoms with Gasteiger partial charge in [-0.05, 0) is 48.2 Å². The van der Waals surface area contributed by atoms with E-state index in [-0.39, 0.29) is 0 Å². The maximum Gasteiger partial charge on any atom is 0.118 e. The Morgan fingerprint density at radius 3 is 1.45 bits per heavy atom. The highest BCUT2D eigenvalue weighted by atomic mass is 16.5. The van der Waals surface area contributed by atoms with Crippen molar-refractivity contribution in [2.75, 3.05) is 66.6 Å². The van der Waals surface area contributed by atoms with Gasteiger partial charge in [-0.3, -0.25) is 0 Å². The Bertz CT molecular complexity index is 642. The van der Waals surface area contributed by atoms with Crippen LogP contribution in [0.15, 0.2) is 48.5 Å². The molecule has 1 saturated heterocycles. The minimum Gasteiger partial charge on any atom is -0.497 e. The molecular weight excluding hydrogens is 362 g/mol. The maximum atomic E-state index is 5.26. The molecule has 2 aromatic rings. The Morgan fingerprint density at radius 2 is 1.07 bits per heavy atom. The van der Waals surface area contributed by atoms with Gasteiger partial charge in [0.05, 0.1) is 14.2 Å². The first-order valence-corrected chi connectivity index (χ1v) is 10.7. The standard InChI is InChI=1S/C24H35N3O2/c1-28-23-7-3-21(4-8-23)11-15-26-17-13-25-14-18-27(20-19-26)16-12-22-5-9-24(29-2)10-6-22/h3-10,25H,11-20H2,1-2H3. The van der Waals surface area contributed by atoms with E-state index in [0.717, 1.165) is 76.7 Å². The number of hydrogen-bond donors (Lipinski definition) is 1. The molecule has 1 N–H and O–H groups in total. The van der Waals surface area contributed by atoms with Gasteiger partial charge in [-0.2, -0.15) is 0 Å². The van der Waals surface area contributed by atoms with Crippen LogP contribution in [0.25, 0.3) is 0 Å². The maximum absolute atomic E-state index is 5.26. The Morgan fingerprint density at radius 1 is 0.655 bits per heavy atom. The van der Waals surface area contributed by atoms with Crippen LogP contribution in [0.5, 0.6) is 11.5 Å². The predicted octanol–water partition coefficient (Wildman–Crippen LogP) is 2.70. The molecule has 1 aliphatic heterocycles. The van der Waals surface area contributed by atoms with Crippen LogP contribution in [0.2, 0.25) is 0 Å². The summed E-state index contributed by atoms with van der Waals surface area (Å²) in [6.45, 7) is 8.80. The number of benzene rings is 2. The van der Waals surface area contributed by atoms with Crippen molar-refractivity contribution in [3.63, 3.8) is 0 Å². The van der Waals surface area contributed by atoms with Crippen molar-refractivity contribution < 1.29 is 9.47 Å². The molecular formula is C24H35N3O2. The molecule has 5 heteroatoms. The summed E-state index contributed by atoms with van der Waals surface area (Å²) in [6.07, 6.45) is 2.16. The fourth-order valence-electron chi connectivity index (χ4n) is 3.71. The molecule has 0 bridgehead atoms. The van der Waals surface area contributed by atoms with Gasteiger partial charge in [0.1, 0.15) is 11.5 Å². The normalized spacial score (nSPS) is 16.6. The minimum atomic E-state index is 0.924. The summed E-state index contributed by atoms with van der Waals surface area (Å²) in [4.78, 5) is 5.17. The molecule has 0 saturated carbocycles. The van der Waals surface area contributed by atoms with Crippen molar-refractivity contribution in [2.45, 2.75) is 12.8 Å². The SMILES string of the molecule is COc1ccc(CCN2CCNCCN(CCc3ccc(OC)cc3)CC2)cc1. The molecule has 0 atom stereocenters. The average molecular weight is 398 g/mol. The van der Waals surface area contributed by atoms with E-state index >= 15 is 0 Å². The van der Waals surface area contributed by atoms with E-state index in [1.165, 1.54) is 11.1 Å². The summed E-state index contributed by atoms with van der Waals surface area (Å²) in [6, 6.07) is 16.9. The Balaban J connectivity index is 1.46. The second-order valence-electron chi connectivity index (χ2n) is 7.63. The smallest absolute Gasteiger partial charge is 0.118 e. The second kappa shape index (κ2) is 11.8. The summed E-state index contributed by atoms with van der Waals surface area (Å²) >= 11 is 0. The van der Waals surface area contributed by atoms with E-state index in [4.69, 9.17) is 9.47 Å². The van der Waals surface area contributed by atoms with Crippen molar-refractivity contribution in [1.82, 2.24) is 15.1 Å². The third kappa shape index (κ3) is 7.35. The Labute approximate surface area is 175 Å². The van der Waals surface area contributed by atoms with Crippen LogP contribution in [0.1, 0.15) is 11.1 Å². The highest BCUT2D eigenvalue weighted by molar-refractivity contribution is 5.28. The monoisotopic (exact) mass is 397 g/mol. The number of hydrogen-bond acceptors (Lipinski definition) is 5. The van der Waals surface area contributed by atoms with E-state index in [1.54, 1.807) is 14.2 Å². The fourth-order valence-corrected chi connectivity index (χ4v) is 3.71. The highest BCUT2D eigenvalue weighted by Gasteiger charge is 2.12. The summed E-state index contributed by atoms with van der Waals surface area (Å²) in [7, 11) is 3.43. The zero-order chi connectivity index (χ0) is 20.3. The van der Waals surface area contributed by atoms with E-state index in [9.17, 15) is 0 Å². The van der Waals surface area contributed by atoms with Gasteiger partial charge in [-0.25, -0.2) is 0 Å². The number of methoxy groups -OCH3 is 2. The molecule has 5 nitrogen and oxygen atoms in total. The van der Waals surface area contributed by atoms with Crippen LogP contribution >= 0.6 is 0 Å². The Hall–Kier alpha value is -2.08. The van der Waals surface area contributed by atoms with Gasteiger partial charge in [-0.15, -0.1) is 0 Å². The number of rotatable bonds is 8. The predicted molar refractivity (Wildman–Crippen MR) is 119 cm³/mol. The number of ether oxygens (including phenoxy) is 2. The number of nitrogens with zero attached hydrogens (tertiary/aromatic N) is 2. The van der Waals surface area contributed by atoms with E-state index in [1.807, 2.05) is 0 Å². The van der Waals surface area contributed by atoms with Crippen LogP contribution < -0.4 is 14.8 Å². The van der Waals surface area contributed by atoms with Crippen LogP contribution in [0.3, 0.4) is 0 Å². The van der Waals surface area contributed by atoms with E-state index in [0.29, 0.717) is 0 Å². The third-order valence-corrected chi connectivity index (χ3v) is 5.69. The first kappa shape index (κ1) is 21.6. The molecule has 0 aromatic heterocycles. The molecule has 0 amide bonds. The largest absolute Gasteiger partial charge is 0.497 e. The lowest BCUT2D eigenvalue weighted by molar-refractivity contribution is 0.222. The van der Waals surface area contributed by atoms with Gasteiger partial charge in [0.2, 0.25) is 0 Å². The Kier molecular flexibility index (Phi) is 8.81. The topological polar surface area (TPSA) is 37.0 Å². The van der Waals surface area contributed by atoms with Gasteiger partial charge in [0.25, 0.3) is 0 Å². The molecule has 2 aromatic carbocycles. The second-order valence-corrected chi connectivity index (χ2v) is 7.63. The van der Waals surface area contributed by atoms with Gasteiger partial charge in [-0.1, -0.05) is 24.3 Å². The quantitative estimate of drug-likeness (QED) is 0.741. The lowest BCUT2D eigenvalue weighted by atomic mass is 10.1. The zero-order valence-electron chi connectivity index (χ0n) is 17.9. The van der Waals surface area contributed by atoms with Crippen molar-refractivity contribution in [3.05, 3.63) is 59.7 Å². The molecule has 1 fully saturated rings. The van der Waals surface area contributed by atoms with Gasteiger partial charge in [0, 0.05) is 52.4 Å². The lowest BCUT2D eigenvalue weighted by Gasteiger charge is -2.26. The van der Waals surface area contributed by atoms with Crippen molar-refractivity contribution >= 4 is 0 Å². The fraction of sp³-hybridized carbons (Fsp3) is 0.500. The molecule has 3 rings (SSSR count). The van der Waals surface area contributed by atoms with Gasteiger partial charge in [0.15, 0.2) is 0 Å².